The number of benzene rings is 1. The molecule has 2 N–H and O–H groups in total. The van der Waals surface area contributed by atoms with Crippen LogP contribution in [0.2, 0.25) is 0 Å². The third-order valence-corrected chi connectivity index (χ3v) is 4.90. The second-order valence-electron chi connectivity index (χ2n) is 5.52. The Kier molecular flexibility index (Phi) is 6.00. The third-order valence-electron chi connectivity index (χ3n) is 3.27. The Balaban J connectivity index is 2.16. The monoisotopic (exact) mass is 421 g/mol. The van der Waals surface area contributed by atoms with Crippen molar-refractivity contribution in [3.63, 3.8) is 0 Å². The lowest BCUT2D eigenvalue weighted by Gasteiger charge is -2.15. The van der Waals surface area contributed by atoms with E-state index in [2.05, 4.69) is 10.3 Å². The summed E-state index contributed by atoms with van der Waals surface area (Å²) in [5, 5.41) is 1.87. The number of nitrogens with one attached hydrogen (secondary N) is 2. The maximum atomic E-state index is 12.3. The number of sulfone groups is 1. The molecule has 1 atom stereocenters. The van der Waals surface area contributed by atoms with Gasteiger partial charge in [-0.05, 0) is 36.4 Å². The van der Waals surface area contributed by atoms with Crippen molar-refractivity contribution >= 4 is 27.5 Å². The lowest BCUT2D eigenvalue weighted by Crippen LogP contribution is -2.29. The topological polar surface area (TPSA) is 109 Å². The van der Waals surface area contributed by atoms with Gasteiger partial charge in [0.05, 0.1) is 6.04 Å². The van der Waals surface area contributed by atoms with Gasteiger partial charge in [0, 0.05) is 17.2 Å². The summed E-state index contributed by atoms with van der Waals surface area (Å²) in [4.78, 5) is 29.4. The predicted octanol–water partition coefficient (Wildman–Crippen LogP) is 2.28. The van der Waals surface area contributed by atoms with Crippen LogP contribution in [0.1, 0.15) is 29.0 Å². The Hall–Kier alpha value is -2.34. The number of hydrogen-bond acceptors (Lipinski definition) is 6. The minimum atomic E-state index is -4.40. The molecule has 1 amide bonds. The summed E-state index contributed by atoms with van der Waals surface area (Å²) in [6.07, 6.45) is 0.829. The molecule has 27 heavy (non-hydrogen) atoms. The van der Waals surface area contributed by atoms with Gasteiger partial charge in [-0.1, -0.05) is 12.1 Å². The molecule has 0 bridgehead atoms. The summed E-state index contributed by atoms with van der Waals surface area (Å²) in [6, 6.07) is 5.61. The number of rotatable bonds is 5. The molecule has 1 heterocycles. The number of aromatic nitrogens is 2. The minimum Gasteiger partial charge on any atom is -0.344 e. The van der Waals surface area contributed by atoms with Crippen molar-refractivity contribution in [1.29, 1.82) is 0 Å². The van der Waals surface area contributed by atoms with Crippen LogP contribution in [-0.2, 0) is 9.84 Å². The minimum absolute atomic E-state index is 0.00108. The lowest BCUT2D eigenvalue weighted by molar-refractivity contribution is -0.0328. The smallest absolute Gasteiger partial charge is 0.344 e. The van der Waals surface area contributed by atoms with E-state index in [-0.39, 0.29) is 16.7 Å². The van der Waals surface area contributed by atoms with E-state index in [0.29, 0.717) is 5.56 Å². The van der Waals surface area contributed by atoms with Crippen LogP contribution in [0.4, 0.5) is 13.2 Å². The van der Waals surface area contributed by atoms with Gasteiger partial charge in [-0.3, -0.25) is 14.6 Å². The van der Waals surface area contributed by atoms with Crippen LogP contribution in [0.3, 0.4) is 0 Å². The van der Waals surface area contributed by atoms with Gasteiger partial charge in [0.25, 0.3) is 11.5 Å². The fourth-order valence-electron chi connectivity index (χ4n) is 2.04. The largest absolute Gasteiger partial charge is 0.446 e. The van der Waals surface area contributed by atoms with Crippen molar-refractivity contribution < 1.29 is 26.4 Å². The first-order valence-corrected chi connectivity index (χ1v) is 10.0. The second-order valence-corrected chi connectivity index (χ2v) is 8.59. The standard InChI is InChI=1S/C15H14F3N3O4S2/c1-8(9-3-5-10(6-4-9)26-15(16,17)18)19-13(23)11-7-12(22)21-14(20-11)27(2,24)25/h3-8H,1-2H3,(H,19,23)(H,20,21,22). The first kappa shape index (κ1) is 21.0. The molecule has 2 rings (SSSR count). The molecule has 0 radical (unpaired) electrons. The molecule has 2 aromatic rings. The fourth-order valence-corrected chi connectivity index (χ4v) is 3.13. The Morgan fingerprint density at radius 1 is 1.26 bits per heavy atom. The molecule has 0 saturated heterocycles. The van der Waals surface area contributed by atoms with Crippen LogP contribution in [-0.4, -0.2) is 36.1 Å². The lowest BCUT2D eigenvalue weighted by atomic mass is 10.1. The second kappa shape index (κ2) is 7.72. The van der Waals surface area contributed by atoms with Crippen LogP contribution >= 0.6 is 11.8 Å². The third kappa shape index (κ3) is 6.10. The first-order valence-electron chi connectivity index (χ1n) is 7.33. The summed E-state index contributed by atoms with van der Waals surface area (Å²) < 4.78 is 60.0. The van der Waals surface area contributed by atoms with Crippen LogP contribution in [0.15, 0.2) is 45.2 Å². The zero-order chi connectivity index (χ0) is 20.4. The highest BCUT2D eigenvalue weighted by atomic mass is 32.2. The highest BCUT2D eigenvalue weighted by Gasteiger charge is 2.29. The van der Waals surface area contributed by atoms with Crippen LogP contribution in [0.25, 0.3) is 0 Å². The molecule has 1 aromatic heterocycles. The maximum Gasteiger partial charge on any atom is 0.446 e. The van der Waals surface area contributed by atoms with E-state index in [0.717, 1.165) is 12.3 Å². The first-order chi connectivity index (χ1) is 12.3. The summed E-state index contributed by atoms with van der Waals surface area (Å²) >= 11 is -0.255. The number of hydrogen-bond donors (Lipinski definition) is 2. The summed E-state index contributed by atoms with van der Waals surface area (Å²) in [7, 11) is -3.82. The van der Waals surface area contributed by atoms with Gasteiger partial charge >= 0.3 is 5.51 Å². The number of nitrogens with zero attached hydrogens (tertiary/aromatic N) is 1. The molecular formula is C15H14F3N3O4S2. The van der Waals surface area contributed by atoms with Gasteiger partial charge < -0.3 is 5.32 Å². The highest BCUT2D eigenvalue weighted by Crippen LogP contribution is 2.37. The number of H-pyrrole nitrogens is 1. The van der Waals surface area contributed by atoms with Gasteiger partial charge in [-0.2, -0.15) is 13.2 Å². The number of thioether (sulfide) groups is 1. The zero-order valence-corrected chi connectivity index (χ0v) is 15.6. The highest BCUT2D eigenvalue weighted by molar-refractivity contribution is 8.00. The number of carbonyl (C=O) groups excluding carboxylic acids is 1. The van der Waals surface area contributed by atoms with Crippen molar-refractivity contribution in [2.45, 2.75) is 28.5 Å². The van der Waals surface area contributed by atoms with E-state index < -0.39 is 43.7 Å². The molecule has 12 heteroatoms. The van der Waals surface area contributed by atoms with Crippen molar-refractivity contribution in [2.75, 3.05) is 6.26 Å². The number of amides is 1. The average Bonchev–Trinajstić information content (AvgIpc) is 2.52. The average molecular weight is 421 g/mol. The Morgan fingerprint density at radius 2 is 1.85 bits per heavy atom. The van der Waals surface area contributed by atoms with Gasteiger partial charge in [0.15, 0.2) is 0 Å². The SMILES string of the molecule is CC(NC(=O)c1cc(=O)[nH]c(S(C)(=O)=O)n1)c1ccc(SC(F)(F)F)cc1. The molecule has 1 unspecified atom stereocenters. The van der Waals surface area contributed by atoms with Crippen LogP contribution in [0.5, 0.6) is 0 Å². The summed E-state index contributed by atoms with van der Waals surface area (Å²) in [5.41, 5.74) is -5.08. The number of alkyl halides is 3. The van der Waals surface area contributed by atoms with Crippen LogP contribution < -0.4 is 10.9 Å². The molecule has 0 aliphatic heterocycles. The molecule has 0 aliphatic rings. The van der Waals surface area contributed by atoms with Crippen LogP contribution in [0, 0.1) is 0 Å². The van der Waals surface area contributed by atoms with E-state index in [1.54, 1.807) is 6.92 Å². The van der Waals surface area contributed by atoms with Gasteiger partial charge in [-0.25, -0.2) is 13.4 Å². The van der Waals surface area contributed by atoms with E-state index in [4.69, 9.17) is 0 Å². The Morgan fingerprint density at radius 3 is 2.37 bits per heavy atom. The van der Waals surface area contributed by atoms with Gasteiger partial charge in [-0.15, -0.1) is 0 Å². The number of carbonyl (C=O) groups is 1. The Bertz CT molecular complexity index is 1000. The molecule has 1 aromatic carbocycles. The zero-order valence-electron chi connectivity index (χ0n) is 14.0. The van der Waals surface area contributed by atoms with E-state index in [1.807, 2.05) is 4.98 Å². The molecular weight excluding hydrogens is 407 g/mol. The molecule has 0 fully saturated rings. The predicted molar refractivity (Wildman–Crippen MR) is 92.2 cm³/mol. The molecule has 0 saturated carbocycles. The normalized spacial score (nSPS) is 13.2. The van der Waals surface area contributed by atoms with Crippen molar-refractivity contribution in [2.24, 2.45) is 0 Å². The molecule has 0 aliphatic carbocycles. The van der Waals surface area contributed by atoms with Crippen molar-refractivity contribution in [1.82, 2.24) is 15.3 Å². The summed E-state index contributed by atoms with van der Waals surface area (Å²) in [5.74, 6) is -0.799. The number of halogens is 3. The summed E-state index contributed by atoms with van der Waals surface area (Å²) in [6.45, 7) is 1.58. The molecule has 0 spiro atoms. The Labute approximate surface area is 156 Å². The van der Waals surface area contributed by atoms with Crippen molar-refractivity contribution in [3.8, 4) is 0 Å². The van der Waals surface area contributed by atoms with Crippen molar-refractivity contribution in [3.05, 3.63) is 51.9 Å². The van der Waals surface area contributed by atoms with E-state index in [1.165, 1.54) is 24.3 Å². The van der Waals surface area contributed by atoms with Gasteiger partial charge in [0.1, 0.15) is 5.69 Å². The van der Waals surface area contributed by atoms with Gasteiger partial charge in [0.2, 0.25) is 15.0 Å². The quantitative estimate of drug-likeness (QED) is 0.566. The van der Waals surface area contributed by atoms with E-state index >= 15 is 0 Å². The molecule has 7 nitrogen and oxygen atoms in total. The maximum absolute atomic E-state index is 12.3. The van der Waals surface area contributed by atoms with E-state index in [9.17, 15) is 31.2 Å². The number of aromatic amines is 1. The molecule has 146 valence electrons. The fraction of sp³-hybridized carbons (Fsp3) is 0.267.